The van der Waals surface area contributed by atoms with E-state index in [1.807, 2.05) is 37.3 Å². The molecular weight excluding hydrogens is 196 g/mol. The van der Waals surface area contributed by atoms with Crippen LogP contribution >= 0.6 is 0 Å². The zero-order chi connectivity index (χ0) is 11.2. The van der Waals surface area contributed by atoms with Gasteiger partial charge in [0, 0.05) is 0 Å². The van der Waals surface area contributed by atoms with E-state index in [2.05, 4.69) is 28.4 Å². The number of benzene rings is 1. The summed E-state index contributed by atoms with van der Waals surface area (Å²) in [5, 5.41) is 8.26. The summed E-state index contributed by atoms with van der Waals surface area (Å²) in [4.78, 5) is 0. The zero-order valence-corrected chi connectivity index (χ0v) is 9.30. The number of nitrogens with zero attached hydrogens (tertiary/aromatic N) is 2. The predicted octanol–water partition coefficient (Wildman–Crippen LogP) is 3.37. The number of hydrogen-bond donors (Lipinski definition) is 0. The van der Waals surface area contributed by atoms with Gasteiger partial charge in [-0.3, -0.25) is 0 Å². The molecular formula is C14H14N2. The van der Waals surface area contributed by atoms with E-state index in [-0.39, 0.29) is 0 Å². The van der Waals surface area contributed by atoms with Crippen LogP contribution in [0.15, 0.2) is 64.3 Å². The van der Waals surface area contributed by atoms with Gasteiger partial charge in [0.15, 0.2) is 0 Å². The fraction of sp³-hybridized carbons (Fsp3) is 0.143. The van der Waals surface area contributed by atoms with E-state index in [1.54, 1.807) is 6.21 Å². The second-order valence-electron chi connectivity index (χ2n) is 3.66. The standard InChI is InChI=1S/C14H14N2/c1-12(14-9-5-6-10-14)16-15-11-13-7-3-2-4-8-13/h2-9,11H,10H2,1H3/b15-11+,16-12-. The minimum absolute atomic E-state index is 0.968. The smallest absolute Gasteiger partial charge is 0.0634 e. The van der Waals surface area contributed by atoms with Crippen LogP contribution in [0, 0.1) is 0 Å². The summed E-state index contributed by atoms with van der Waals surface area (Å²) < 4.78 is 0. The Morgan fingerprint density at radius 2 is 2.06 bits per heavy atom. The predicted molar refractivity (Wildman–Crippen MR) is 69.0 cm³/mol. The van der Waals surface area contributed by atoms with Gasteiger partial charge in [-0.15, -0.1) is 0 Å². The van der Waals surface area contributed by atoms with Gasteiger partial charge in [-0.1, -0.05) is 48.6 Å². The largest absolute Gasteiger partial charge is 0.158 e. The van der Waals surface area contributed by atoms with E-state index in [0.29, 0.717) is 0 Å². The molecule has 0 unspecified atom stereocenters. The van der Waals surface area contributed by atoms with Crippen LogP contribution in [0.25, 0.3) is 0 Å². The van der Waals surface area contributed by atoms with Crippen molar-refractivity contribution in [2.24, 2.45) is 10.2 Å². The van der Waals surface area contributed by atoms with Gasteiger partial charge >= 0.3 is 0 Å². The molecule has 0 radical (unpaired) electrons. The molecule has 0 saturated carbocycles. The first-order valence-corrected chi connectivity index (χ1v) is 5.35. The van der Waals surface area contributed by atoms with E-state index in [1.165, 1.54) is 5.57 Å². The molecule has 1 aliphatic rings. The van der Waals surface area contributed by atoms with Gasteiger partial charge in [-0.05, 0) is 24.5 Å². The molecule has 0 aliphatic heterocycles. The van der Waals surface area contributed by atoms with Crippen molar-refractivity contribution in [2.75, 3.05) is 0 Å². The summed E-state index contributed by atoms with van der Waals surface area (Å²) in [6.45, 7) is 1.99. The van der Waals surface area contributed by atoms with Gasteiger partial charge in [-0.25, -0.2) is 0 Å². The van der Waals surface area contributed by atoms with Crippen LogP contribution in [0.4, 0.5) is 0 Å². The van der Waals surface area contributed by atoms with Crippen molar-refractivity contribution in [3.63, 3.8) is 0 Å². The lowest BCUT2D eigenvalue weighted by Crippen LogP contribution is -1.93. The average Bonchev–Trinajstić information content (AvgIpc) is 2.84. The van der Waals surface area contributed by atoms with Crippen LogP contribution in [-0.4, -0.2) is 11.9 Å². The van der Waals surface area contributed by atoms with Crippen molar-refractivity contribution in [3.8, 4) is 0 Å². The van der Waals surface area contributed by atoms with Crippen LogP contribution < -0.4 is 0 Å². The van der Waals surface area contributed by atoms with Crippen LogP contribution in [0.5, 0.6) is 0 Å². The van der Waals surface area contributed by atoms with E-state index in [4.69, 9.17) is 0 Å². The maximum atomic E-state index is 4.18. The Labute approximate surface area is 95.7 Å². The molecule has 0 spiro atoms. The first-order chi connectivity index (χ1) is 7.86. The molecule has 0 atom stereocenters. The molecule has 0 bridgehead atoms. The zero-order valence-electron chi connectivity index (χ0n) is 9.30. The van der Waals surface area contributed by atoms with Gasteiger partial charge in [0.1, 0.15) is 0 Å². The highest BCUT2D eigenvalue weighted by Crippen LogP contribution is 2.12. The molecule has 2 nitrogen and oxygen atoms in total. The number of allylic oxidation sites excluding steroid dienone is 4. The normalized spacial score (nSPS) is 15.8. The van der Waals surface area contributed by atoms with E-state index in [0.717, 1.165) is 17.7 Å². The Bertz CT molecular complexity index is 465. The van der Waals surface area contributed by atoms with Gasteiger partial charge in [0.2, 0.25) is 0 Å². The molecule has 0 N–H and O–H groups in total. The molecule has 0 heterocycles. The van der Waals surface area contributed by atoms with Crippen LogP contribution in [-0.2, 0) is 0 Å². The third kappa shape index (κ3) is 2.76. The number of hydrogen-bond acceptors (Lipinski definition) is 2. The Morgan fingerprint density at radius 1 is 1.25 bits per heavy atom. The Hall–Kier alpha value is -1.96. The molecule has 16 heavy (non-hydrogen) atoms. The van der Waals surface area contributed by atoms with Gasteiger partial charge in [0.25, 0.3) is 0 Å². The molecule has 0 fully saturated rings. The Kier molecular flexibility index (Phi) is 3.44. The molecule has 0 aromatic heterocycles. The quantitative estimate of drug-likeness (QED) is 0.540. The molecule has 1 aliphatic carbocycles. The topological polar surface area (TPSA) is 24.7 Å². The summed E-state index contributed by atoms with van der Waals surface area (Å²) in [5.74, 6) is 0. The highest BCUT2D eigenvalue weighted by Gasteiger charge is 2.01. The molecule has 1 aromatic carbocycles. The highest BCUT2D eigenvalue weighted by atomic mass is 15.2. The van der Waals surface area contributed by atoms with Crippen LogP contribution in [0.1, 0.15) is 18.9 Å². The van der Waals surface area contributed by atoms with Gasteiger partial charge in [-0.2, -0.15) is 10.2 Å². The summed E-state index contributed by atoms with van der Waals surface area (Å²) in [6.07, 6.45) is 8.99. The lowest BCUT2D eigenvalue weighted by atomic mass is 10.1. The third-order valence-electron chi connectivity index (χ3n) is 2.45. The van der Waals surface area contributed by atoms with E-state index < -0.39 is 0 Å². The third-order valence-corrected chi connectivity index (χ3v) is 2.45. The minimum atomic E-state index is 0.968. The monoisotopic (exact) mass is 210 g/mol. The lowest BCUT2D eigenvalue weighted by molar-refractivity contribution is 1.22. The highest BCUT2D eigenvalue weighted by molar-refractivity contribution is 5.99. The summed E-state index contributed by atoms with van der Waals surface area (Å²) in [7, 11) is 0. The lowest BCUT2D eigenvalue weighted by Gasteiger charge is -1.96. The summed E-state index contributed by atoms with van der Waals surface area (Å²) >= 11 is 0. The average molecular weight is 210 g/mol. The van der Waals surface area contributed by atoms with Crippen LogP contribution in [0.3, 0.4) is 0 Å². The molecule has 2 heteroatoms. The molecule has 2 rings (SSSR count). The first kappa shape index (κ1) is 10.6. The minimum Gasteiger partial charge on any atom is -0.158 e. The van der Waals surface area contributed by atoms with Crippen molar-refractivity contribution in [1.29, 1.82) is 0 Å². The van der Waals surface area contributed by atoms with Gasteiger partial charge < -0.3 is 0 Å². The van der Waals surface area contributed by atoms with Gasteiger partial charge in [0.05, 0.1) is 11.9 Å². The SMILES string of the molecule is C/C(=N/N=C/c1ccccc1)C1=CC=CC1. The van der Waals surface area contributed by atoms with Crippen molar-refractivity contribution >= 4 is 11.9 Å². The maximum absolute atomic E-state index is 4.18. The van der Waals surface area contributed by atoms with Crippen molar-refractivity contribution in [3.05, 3.63) is 59.7 Å². The van der Waals surface area contributed by atoms with E-state index >= 15 is 0 Å². The molecule has 80 valence electrons. The molecule has 0 amide bonds. The first-order valence-electron chi connectivity index (χ1n) is 5.35. The fourth-order valence-electron chi connectivity index (χ4n) is 1.50. The second-order valence-corrected chi connectivity index (χ2v) is 3.66. The van der Waals surface area contributed by atoms with E-state index in [9.17, 15) is 0 Å². The van der Waals surface area contributed by atoms with Crippen molar-refractivity contribution in [2.45, 2.75) is 13.3 Å². The number of rotatable bonds is 3. The summed E-state index contributed by atoms with van der Waals surface area (Å²) in [5.41, 5.74) is 3.29. The fourth-order valence-corrected chi connectivity index (χ4v) is 1.50. The van der Waals surface area contributed by atoms with Crippen LogP contribution in [0.2, 0.25) is 0 Å². The molecule has 1 aromatic rings. The van der Waals surface area contributed by atoms with Crippen molar-refractivity contribution < 1.29 is 0 Å². The Morgan fingerprint density at radius 3 is 2.75 bits per heavy atom. The Balaban J connectivity index is 2.01. The second kappa shape index (κ2) is 5.21. The maximum Gasteiger partial charge on any atom is 0.0634 e. The summed E-state index contributed by atoms with van der Waals surface area (Å²) in [6, 6.07) is 9.97. The molecule has 0 saturated heterocycles. The van der Waals surface area contributed by atoms with Crippen molar-refractivity contribution in [1.82, 2.24) is 0 Å².